The van der Waals surface area contributed by atoms with Crippen molar-refractivity contribution in [2.75, 3.05) is 25.5 Å². The van der Waals surface area contributed by atoms with Gasteiger partial charge in [0, 0.05) is 35.9 Å². The van der Waals surface area contributed by atoms with Crippen LogP contribution in [0.25, 0.3) is 11.0 Å². The lowest BCUT2D eigenvalue weighted by Gasteiger charge is -2.34. The molecule has 5 rings (SSSR count). The smallest absolute Gasteiger partial charge is 0.341 e. The second-order valence-electron chi connectivity index (χ2n) is 10.7. The first kappa shape index (κ1) is 29.7. The number of para-hydroxylation sites is 1. The van der Waals surface area contributed by atoms with Gasteiger partial charge in [-0.15, -0.1) is 0 Å². The Bertz CT molecular complexity index is 1740. The quantitative estimate of drug-likeness (QED) is 0.157. The van der Waals surface area contributed by atoms with Gasteiger partial charge in [0.25, 0.3) is 0 Å². The number of nitrogens with zero attached hydrogens (tertiary/aromatic N) is 6. The highest BCUT2D eigenvalue weighted by Crippen LogP contribution is 2.29. The highest BCUT2D eigenvalue weighted by atomic mass is 35.5. The summed E-state index contributed by atoms with van der Waals surface area (Å²) < 4.78 is 9.44. The first-order valence-electron chi connectivity index (χ1n) is 14.1. The van der Waals surface area contributed by atoms with Gasteiger partial charge in [0.2, 0.25) is 12.2 Å². The van der Waals surface area contributed by atoms with Crippen LogP contribution in [0.2, 0.25) is 5.02 Å². The Kier molecular flexibility index (Phi) is 9.02. The zero-order valence-corrected chi connectivity index (χ0v) is 25.1. The Morgan fingerprint density at radius 2 is 1.98 bits per heavy atom. The Balaban J connectivity index is 1.32. The highest BCUT2D eigenvalue weighted by Gasteiger charge is 2.29. The van der Waals surface area contributed by atoms with Crippen molar-refractivity contribution in [2.45, 2.75) is 33.4 Å². The van der Waals surface area contributed by atoms with Crippen molar-refractivity contribution >= 4 is 57.9 Å². The van der Waals surface area contributed by atoms with E-state index in [1.54, 1.807) is 21.6 Å². The Morgan fingerprint density at radius 3 is 2.79 bits per heavy atom. The van der Waals surface area contributed by atoms with Gasteiger partial charge in [-0.05, 0) is 60.1 Å². The van der Waals surface area contributed by atoms with E-state index in [9.17, 15) is 9.59 Å². The van der Waals surface area contributed by atoms with Gasteiger partial charge in [0.05, 0.1) is 30.6 Å². The molecule has 0 aliphatic carbocycles. The number of aromatic nitrogens is 3. The summed E-state index contributed by atoms with van der Waals surface area (Å²) in [5, 5.41) is 13.7. The first-order chi connectivity index (χ1) is 20.8. The van der Waals surface area contributed by atoms with E-state index in [4.69, 9.17) is 21.6 Å². The topological polar surface area (TPSA) is 116 Å². The minimum absolute atomic E-state index is 0.0354. The molecule has 0 bridgehead atoms. The van der Waals surface area contributed by atoms with Gasteiger partial charge in [-0.1, -0.05) is 36.7 Å². The lowest BCUT2D eigenvalue weighted by molar-refractivity contribution is -0.405. The summed E-state index contributed by atoms with van der Waals surface area (Å²) in [7, 11) is 1.92. The minimum atomic E-state index is -0.480. The summed E-state index contributed by atoms with van der Waals surface area (Å²) in [5.74, 6) is 0.568. The van der Waals surface area contributed by atoms with E-state index in [1.807, 2.05) is 67.2 Å². The fourth-order valence-corrected chi connectivity index (χ4v) is 5.47. The van der Waals surface area contributed by atoms with Gasteiger partial charge in [-0.2, -0.15) is 10.2 Å². The van der Waals surface area contributed by atoms with Gasteiger partial charge < -0.3 is 15.0 Å². The lowest BCUT2D eigenvalue weighted by Crippen LogP contribution is -2.44. The average molecular weight is 599 g/mol. The van der Waals surface area contributed by atoms with Crippen LogP contribution in [-0.4, -0.2) is 62.2 Å². The van der Waals surface area contributed by atoms with Crippen molar-refractivity contribution in [3.8, 4) is 6.07 Å². The fraction of sp³-hybridized carbons (Fsp3) is 0.312. The summed E-state index contributed by atoms with van der Waals surface area (Å²) in [6.45, 7) is 5.27. The fourth-order valence-electron chi connectivity index (χ4n) is 5.30. The molecule has 10 nitrogen and oxygen atoms in total. The van der Waals surface area contributed by atoms with Crippen LogP contribution in [0.4, 0.5) is 17.2 Å². The van der Waals surface area contributed by atoms with Gasteiger partial charge in [-0.3, -0.25) is 9.36 Å². The second-order valence-corrected chi connectivity index (χ2v) is 11.1. The maximum atomic E-state index is 13.2. The summed E-state index contributed by atoms with van der Waals surface area (Å²) in [4.78, 5) is 36.3. The predicted octanol–water partition coefficient (Wildman–Crippen LogP) is 5.69. The molecule has 2 aromatic heterocycles. The number of nitrogens with one attached hydrogen (secondary N) is 1. The van der Waals surface area contributed by atoms with Crippen LogP contribution in [0.5, 0.6) is 0 Å². The van der Waals surface area contributed by atoms with Gasteiger partial charge in [-0.25, -0.2) is 9.37 Å². The largest absolute Gasteiger partial charge is 0.440 e. The van der Waals surface area contributed by atoms with Crippen LogP contribution in [-0.2, 0) is 16.3 Å². The maximum absolute atomic E-state index is 13.2. The average Bonchev–Trinajstić information content (AvgIpc) is 3.43. The molecular formula is C32H33ClN7O3+. The highest BCUT2D eigenvalue weighted by molar-refractivity contribution is 6.31. The molecule has 1 fully saturated rings. The van der Waals surface area contributed by atoms with Crippen molar-refractivity contribution in [2.24, 2.45) is 11.8 Å². The molecular weight excluding hydrogens is 566 g/mol. The summed E-state index contributed by atoms with van der Waals surface area (Å²) in [6, 6.07) is 16.6. The third-order valence-electron chi connectivity index (χ3n) is 7.90. The molecule has 0 radical (unpaired) electrons. The molecule has 4 aromatic rings. The van der Waals surface area contributed by atoms with E-state index in [-0.39, 0.29) is 25.0 Å². The molecule has 3 heterocycles. The van der Waals surface area contributed by atoms with Crippen molar-refractivity contribution in [3.05, 3.63) is 77.2 Å². The van der Waals surface area contributed by atoms with E-state index in [0.29, 0.717) is 46.7 Å². The molecule has 1 aliphatic rings. The van der Waals surface area contributed by atoms with Crippen molar-refractivity contribution in [1.82, 2.24) is 19.4 Å². The maximum Gasteiger partial charge on any atom is 0.341 e. The predicted molar refractivity (Wildman–Crippen MR) is 165 cm³/mol. The van der Waals surface area contributed by atoms with E-state index < -0.39 is 5.97 Å². The van der Waals surface area contributed by atoms with Crippen LogP contribution in [0.1, 0.15) is 35.7 Å². The number of hydrogen-bond donors (Lipinski definition) is 1. The van der Waals surface area contributed by atoms with Crippen LogP contribution in [0.3, 0.4) is 0 Å². The van der Waals surface area contributed by atoms with E-state index >= 15 is 0 Å². The number of halogens is 1. The molecule has 11 heteroatoms. The number of esters is 1. The van der Waals surface area contributed by atoms with Crippen molar-refractivity contribution in [3.63, 3.8) is 0 Å². The zero-order chi connectivity index (χ0) is 30.5. The molecule has 1 aliphatic heterocycles. The molecule has 0 spiro atoms. The monoisotopic (exact) mass is 598 g/mol. The number of nitriles is 1. The van der Waals surface area contributed by atoms with Crippen LogP contribution >= 0.6 is 11.6 Å². The van der Waals surface area contributed by atoms with E-state index in [1.165, 1.54) is 6.33 Å². The van der Waals surface area contributed by atoms with Crippen LogP contribution in [0, 0.1) is 30.1 Å². The molecule has 1 saturated heterocycles. The van der Waals surface area contributed by atoms with Crippen LogP contribution < -0.4 is 5.32 Å². The second kappa shape index (κ2) is 13.0. The standard InChI is InChI=1S/C32H32ClN7O3/c1-21-12-15-39(29(41)11-14-34)18-23(21)17-38(3)30-25-13-16-40(31(25)36-19-35-30)20-43-32(42)24-7-4-5-9-28(24)37-27-10-6-8-26(33)22(27)2/h4-10,13,16-17,19,21,23H,11-12,15,18,20H2,1-3H3/p+1/b38-17-/t21-,23?/m1/s1. The molecule has 1 unspecified atom stereocenters. The third-order valence-corrected chi connectivity index (χ3v) is 8.31. The van der Waals surface area contributed by atoms with Crippen molar-refractivity contribution < 1.29 is 18.9 Å². The third kappa shape index (κ3) is 6.52. The molecule has 2 aromatic carbocycles. The number of amides is 1. The van der Waals surface area contributed by atoms with Gasteiger partial charge in [0.15, 0.2) is 12.4 Å². The van der Waals surface area contributed by atoms with Gasteiger partial charge in [0.1, 0.15) is 11.8 Å². The summed E-state index contributed by atoms with van der Waals surface area (Å²) >= 11 is 6.28. The Labute approximate surface area is 255 Å². The number of likely N-dealkylation sites (tertiary alicyclic amines) is 1. The Morgan fingerprint density at radius 1 is 1.19 bits per heavy atom. The molecule has 1 N–H and O–H groups in total. The molecule has 2 atom stereocenters. The zero-order valence-electron chi connectivity index (χ0n) is 24.3. The first-order valence-corrected chi connectivity index (χ1v) is 14.4. The molecule has 0 saturated carbocycles. The number of fused-ring (bicyclic) bond motifs is 1. The normalized spacial score (nSPS) is 17.0. The molecule has 43 heavy (non-hydrogen) atoms. The van der Waals surface area contributed by atoms with Crippen molar-refractivity contribution in [1.29, 1.82) is 5.26 Å². The van der Waals surface area contributed by atoms with E-state index in [0.717, 1.165) is 23.1 Å². The summed E-state index contributed by atoms with van der Waals surface area (Å²) in [6.07, 6.45) is 6.14. The number of anilines is 2. The number of piperidine rings is 1. The summed E-state index contributed by atoms with van der Waals surface area (Å²) in [5.41, 5.74) is 3.32. The number of carbonyl (C=O) groups excluding carboxylic acids is 2. The number of ether oxygens (including phenoxy) is 1. The van der Waals surface area contributed by atoms with Crippen LogP contribution in [0.15, 0.2) is 61.1 Å². The Hall–Kier alpha value is -4.75. The number of carbonyl (C=O) groups is 2. The van der Waals surface area contributed by atoms with Gasteiger partial charge >= 0.3 is 11.8 Å². The van der Waals surface area contributed by atoms with E-state index in [2.05, 4.69) is 28.4 Å². The minimum Gasteiger partial charge on any atom is -0.440 e. The lowest BCUT2D eigenvalue weighted by atomic mass is 9.87. The number of rotatable bonds is 8. The molecule has 1 amide bonds. The molecule has 220 valence electrons. The SMILES string of the molecule is Cc1c(Cl)cccc1Nc1ccccc1C(=O)OCn1ccc2c(/[N+](C)=C\C3CN(C(=O)CC#N)CC[C@H]3C)ncnc21. The number of hydrogen-bond acceptors (Lipinski definition) is 7. The number of benzene rings is 2.